The minimum atomic E-state index is -3.90. The van der Waals surface area contributed by atoms with Crippen LogP contribution in [0.3, 0.4) is 0 Å². The lowest BCUT2D eigenvalue weighted by Crippen LogP contribution is -2.45. The standard InChI is InChI=1S/C27H23FN6O4S/c1-27(15-17-6-3-5-9-23(17)39(27,36)37)26(35)31-24-10-12-29-25(30-24)21-14-22(20-11-13-38-33-20)34(32-21)16-18-7-2-4-8-19(18)28/h2-14,20,33H,15-16H2,1H3,(H,29,30,31,35). The molecule has 0 radical (unpaired) electrons. The number of amides is 1. The van der Waals surface area contributed by atoms with E-state index in [-0.39, 0.29) is 41.4 Å². The lowest BCUT2D eigenvalue weighted by molar-refractivity contribution is -0.118. The van der Waals surface area contributed by atoms with Gasteiger partial charge in [-0.25, -0.2) is 22.8 Å². The second kappa shape index (κ2) is 9.40. The van der Waals surface area contributed by atoms with Gasteiger partial charge in [0.1, 0.15) is 29.6 Å². The summed E-state index contributed by atoms with van der Waals surface area (Å²) in [7, 11) is -3.90. The third-order valence-electron chi connectivity index (χ3n) is 6.93. The Morgan fingerprint density at radius 1 is 1.21 bits per heavy atom. The Kier molecular flexibility index (Phi) is 6.00. The summed E-state index contributed by atoms with van der Waals surface area (Å²) in [6.07, 6.45) is 4.80. The molecule has 2 atom stereocenters. The minimum absolute atomic E-state index is 0.0586. The number of hydroxylamine groups is 1. The minimum Gasteiger partial charge on any atom is -0.416 e. The summed E-state index contributed by atoms with van der Waals surface area (Å²) < 4.78 is 40.8. The van der Waals surface area contributed by atoms with Crippen LogP contribution in [0.4, 0.5) is 10.2 Å². The molecule has 2 aromatic carbocycles. The fourth-order valence-corrected chi connectivity index (χ4v) is 6.62. The van der Waals surface area contributed by atoms with E-state index in [1.54, 1.807) is 53.2 Å². The van der Waals surface area contributed by atoms with E-state index in [0.29, 0.717) is 22.5 Å². The summed E-state index contributed by atoms with van der Waals surface area (Å²) in [6.45, 7) is 1.57. The lowest BCUT2D eigenvalue weighted by Gasteiger charge is -2.21. The van der Waals surface area contributed by atoms with E-state index in [1.807, 2.05) is 0 Å². The van der Waals surface area contributed by atoms with Gasteiger partial charge in [0.2, 0.25) is 5.91 Å². The van der Waals surface area contributed by atoms with E-state index in [2.05, 4.69) is 25.9 Å². The van der Waals surface area contributed by atoms with Crippen molar-refractivity contribution in [3.63, 3.8) is 0 Å². The van der Waals surface area contributed by atoms with Crippen molar-refractivity contribution in [2.45, 2.75) is 35.6 Å². The van der Waals surface area contributed by atoms with Crippen LogP contribution in [0.2, 0.25) is 0 Å². The topological polar surface area (TPSA) is 128 Å². The van der Waals surface area contributed by atoms with Gasteiger partial charge >= 0.3 is 0 Å². The molecule has 0 spiro atoms. The predicted molar refractivity (Wildman–Crippen MR) is 139 cm³/mol. The molecule has 10 nitrogen and oxygen atoms in total. The number of hydrogen-bond acceptors (Lipinski definition) is 8. The Labute approximate surface area is 223 Å². The van der Waals surface area contributed by atoms with Crippen LogP contribution < -0.4 is 10.8 Å². The van der Waals surface area contributed by atoms with Crippen molar-refractivity contribution in [1.82, 2.24) is 25.2 Å². The number of hydrogen-bond donors (Lipinski definition) is 2. The highest BCUT2D eigenvalue weighted by atomic mass is 32.2. The van der Waals surface area contributed by atoms with Crippen molar-refractivity contribution in [2.75, 3.05) is 5.32 Å². The Morgan fingerprint density at radius 2 is 2.00 bits per heavy atom. The molecule has 2 aromatic heterocycles. The average molecular weight is 547 g/mol. The Balaban J connectivity index is 1.30. The third-order valence-corrected chi connectivity index (χ3v) is 9.42. The van der Waals surface area contributed by atoms with Crippen molar-refractivity contribution in [3.8, 4) is 11.5 Å². The molecule has 0 fully saturated rings. The molecule has 12 heteroatoms. The molecule has 2 aliphatic heterocycles. The fraction of sp³-hybridized carbons (Fsp3) is 0.185. The van der Waals surface area contributed by atoms with E-state index >= 15 is 0 Å². The van der Waals surface area contributed by atoms with Crippen molar-refractivity contribution in [1.29, 1.82) is 0 Å². The maximum atomic E-state index is 14.4. The van der Waals surface area contributed by atoms with E-state index in [9.17, 15) is 17.6 Å². The summed E-state index contributed by atoms with van der Waals surface area (Å²) >= 11 is 0. The molecule has 0 saturated heterocycles. The number of nitrogens with one attached hydrogen (secondary N) is 2. The van der Waals surface area contributed by atoms with E-state index in [0.717, 1.165) is 0 Å². The van der Waals surface area contributed by atoms with Crippen molar-refractivity contribution < 1.29 is 22.4 Å². The van der Waals surface area contributed by atoms with Crippen LogP contribution in [0.1, 0.15) is 29.8 Å². The summed E-state index contributed by atoms with van der Waals surface area (Å²) in [5.41, 5.74) is 4.96. The number of sulfone groups is 1. The van der Waals surface area contributed by atoms with Crippen LogP contribution in [0.15, 0.2) is 84.1 Å². The molecule has 6 rings (SSSR count). The molecule has 0 saturated carbocycles. The number of halogens is 1. The van der Waals surface area contributed by atoms with E-state index in [1.165, 1.54) is 37.6 Å². The smallest absolute Gasteiger partial charge is 0.247 e. The third kappa shape index (κ3) is 4.27. The second-order valence-corrected chi connectivity index (χ2v) is 11.8. The monoisotopic (exact) mass is 546 g/mol. The summed E-state index contributed by atoms with van der Waals surface area (Å²) in [5, 5.41) is 7.26. The molecule has 198 valence electrons. The number of anilines is 1. The maximum absolute atomic E-state index is 14.4. The van der Waals surface area contributed by atoms with Crippen LogP contribution >= 0.6 is 0 Å². The first-order valence-electron chi connectivity index (χ1n) is 12.1. The molecule has 1 amide bonds. The Hall–Kier alpha value is -4.42. The molecular formula is C27H23FN6O4S. The van der Waals surface area contributed by atoms with Crippen molar-refractivity contribution >= 4 is 21.6 Å². The lowest BCUT2D eigenvalue weighted by atomic mass is 10.00. The number of fused-ring (bicyclic) bond motifs is 1. The molecular weight excluding hydrogens is 523 g/mol. The van der Waals surface area contributed by atoms with Crippen LogP contribution in [-0.2, 0) is 32.4 Å². The number of carbonyl (C=O) groups is 1. The van der Waals surface area contributed by atoms with Crippen LogP contribution in [0.5, 0.6) is 0 Å². The van der Waals surface area contributed by atoms with Gasteiger partial charge in [-0.15, -0.1) is 5.48 Å². The number of aromatic nitrogens is 4. The molecule has 2 unspecified atom stereocenters. The first-order valence-corrected chi connectivity index (χ1v) is 13.6. The molecule has 39 heavy (non-hydrogen) atoms. The summed E-state index contributed by atoms with van der Waals surface area (Å²) in [6, 6.07) is 15.9. The molecule has 4 aromatic rings. The molecule has 4 heterocycles. The summed E-state index contributed by atoms with van der Waals surface area (Å²) in [4.78, 5) is 27.3. The first-order chi connectivity index (χ1) is 18.8. The zero-order valence-corrected chi connectivity index (χ0v) is 21.5. The fourth-order valence-electron chi connectivity index (χ4n) is 4.75. The zero-order valence-electron chi connectivity index (χ0n) is 20.7. The van der Waals surface area contributed by atoms with Crippen LogP contribution in [0.25, 0.3) is 11.5 Å². The van der Waals surface area contributed by atoms with E-state index < -0.39 is 20.5 Å². The van der Waals surface area contributed by atoms with Crippen molar-refractivity contribution in [2.24, 2.45) is 0 Å². The normalized spacial score (nSPS) is 20.9. The highest BCUT2D eigenvalue weighted by Gasteiger charge is 2.53. The quantitative estimate of drug-likeness (QED) is 0.377. The van der Waals surface area contributed by atoms with Gasteiger partial charge in [0.05, 0.1) is 17.1 Å². The largest absolute Gasteiger partial charge is 0.416 e. The van der Waals surface area contributed by atoms with Crippen LogP contribution in [-0.4, -0.2) is 38.8 Å². The zero-order chi connectivity index (χ0) is 27.2. The van der Waals surface area contributed by atoms with Gasteiger partial charge < -0.3 is 10.2 Å². The van der Waals surface area contributed by atoms with Gasteiger partial charge in [-0.1, -0.05) is 36.4 Å². The van der Waals surface area contributed by atoms with Gasteiger partial charge in [-0.2, -0.15) is 5.10 Å². The number of rotatable bonds is 6. The molecule has 0 aliphatic carbocycles. The molecule has 2 N–H and O–H groups in total. The van der Waals surface area contributed by atoms with Gasteiger partial charge in [0, 0.05) is 18.2 Å². The average Bonchev–Trinajstić information content (AvgIpc) is 3.64. The predicted octanol–water partition coefficient (Wildman–Crippen LogP) is 3.34. The number of carbonyl (C=O) groups excluding carboxylic acids is 1. The van der Waals surface area contributed by atoms with E-state index in [4.69, 9.17) is 4.84 Å². The maximum Gasteiger partial charge on any atom is 0.247 e. The Bertz CT molecular complexity index is 1740. The second-order valence-electron chi connectivity index (χ2n) is 9.48. The van der Waals surface area contributed by atoms with Gasteiger partial charge in [0.25, 0.3) is 0 Å². The van der Waals surface area contributed by atoms with Gasteiger partial charge in [0.15, 0.2) is 20.4 Å². The SMILES string of the molecule is CC1(C(=O)Nc2ccnc(-c3cc(C4C=CON4)n(Cc4ccccc4F)n3)n2)Cc2ccccc2S1(=O)=O. The molecule has 0 bridgehead atoms. The molecule has 2 aliphatic rings. The van der Waals surface area contributed by atoms with Gasteiger partial charge in [-0.3, -0.25) is 9.48 Å². The first kappa shape index (κ1) is 24.9. The Morgan fingerprint density at radius 3 is 2.77 bits per heavy atom. The number of nitrogens with zero attached hydrogens (tertiary/aromatic N) is 4. The highest BCUT2D eigenvalue weighted by molar-refractivity contribution is 7.94. The summed E-state index contributed by atoms with van der Waals surface area (Å²) in [5.74, 6) is -0.714. The number of benzene rings is 2. The van der Waals surface area contributed by atoms with Crippen molar-refractivity contribution in [3.05, 3.63) is 102 Å². The van der Waals surface area contributed by atoms with Gasteiger partial charge in [-0.05, 0) is 42.8 Å². The van der Waals surface area contributed by atoms with Crippen LogP contribution in [0, 0.1) is 5.82 Å². The highest BCUT2D eigenvalue weighted by Crippen LogP contribution is 2.39.